The second-order valence-corrected chi connectivity index (χ2v) is 8.01. The van der Waals surface area contributed by atoms with Gasteiger partial charge in [-0.2, -0.15) is 0 Å². The summed E-state index contributed by atoms with van der Waals surface area (Å²) in [6.45, 7) is 3.92. The van der Waals surface area contributed by atoms with Crippen molar-refractivity contribution in [2.75, 3.05) is 10.2 Å². The lowest BCUT2D eigenvalue weighted by Gasteiger charge is -2.16. The van der Waals surface area contributed by atoms with Gasteiger partial charge in [0.25, 0.3) is 11.8 Å². The van der Waals surface area contributed by atoms with Gasteiger partial charge in [-0.05, 0) is 54.8 Å². The molecule has 30 heavy (non-hydrogen) atoms. The molecule has 0 spiro atoms. The van der Waals surface area contributed by atoms with Gasteiger partial charge in [0.1, 0.15) is 5.70 Å². The number of carbonyl (C=O) groups is 2. The van der Waals surface area contributed by atoms with E-state index < -0.39 is 11.8 Å². The van der Waals surface area contributed by atoms with Crippen LogP contribution in [0.25, 0.3) is 5.57 Å². The number of aryl methyl sites for hydroxylation is 2. The molecule has 0 unspecified atom stereocenters. The number of anilines is 2. The van der Waals surface area contributed by atoms with E-state index in [1.54, 1.807) is 30.3 Å². The third-order valence-electron chi connectivity index (χ3n) is 4.90. The van der Waals surface area contributed by atoms with E-state index in [0.29, 0.717) is 26.9 Å². The zero-order valence-corrected chi connectivity index (χ0v) is 17.9. The first-order valence-electron chi connectivity index (χ1n) is 9.34. The van der Waals surface area contributed by atoms with Gasteiger partial charge in [0, 0.05) is 15.7 Å². The Morgan fingerprint density at radius 1 is 0.800 bits per heavy atom. The minimum Gasteiger partial charge on any atom is -0.350 e. The minimum absolute atomic E-state index is 0.219. The molecule has 1 aliphatic rings. The number of halogens is 2. The molecule has 0 bridgehead atoms. The fourth-order valence-corrected chi connectivity index (χ4v) is 3.94. The molecule has 4 nitrogen and oxygen atoms in total. The maximum Gasteiger partial charge on any atom is 0.282 e. The highest BCUT2D eigenvalue weighted by atomic mass is 35.5. The van der Waals surface area contributed by atoms with Crippen LogP contribution < -0.4 is 10.2 Å². The molecular weight excluding hydrogens is 419 g/mol. The highest BCUT2D eigenvalue weighted by Gasteiger charge is 2.40. The van der Waals surface area contributed by atoms with Crippen LogP contribution in [0.5, 0.6) is 0 Å². The van der Waals surface area contributed by atoms with Crippen molar-refractivity contribution in [3.63, 3.8) is 0 Å². The van der Waals surface area contributed by atoms with E-state index in [-0.39, 0.29) is 5.70 Å². The first kappa shape index (κ1) is 20.2. The molecule has 0 radical (unpaired) electrons. The summed E-state index contributed by atoms with van der Waals surface area (Å²) in [6, 6.07) is 19.7. The quantitative estimate of drug-likeness (QED) is 0.509. The van der Waals surface area contributed by atoms with Crippen molar-refractivity contribution < 1.29 is 9.59 Å². The van der Waals surface area contributed by atoms with Crippen LogP contribution in [-0.2, 0) is 9.59 Å². The molecule has 1 aliphatic heterocycles. The topological polar surface area (TPSA) is 49.4 Å². The van der Waals surface area contributed by atoms with Crippen molar-refractivity contribution in [2.45, 2.75) is 13.8 Å². The van der Waals surface area contributed by atoms with Crippen molar-refractivity contribution in [2.24, 2.45) is 0 Å². The normalized spacial score (nSPS) is 13.9. The first-order valence-corrected chi connectivity index (χ1v) is 10.1. The van der Waals surface area contributed by atoms with Crippen molar-refractivity contribution in [3.05, 3.63) is 99.2 Å². The Labute approximate surface area is 184 Å². The lowest BCUT2D eigenvalue weighted by molar-refractivity contribution is -0.120. The molecule has 0 aromatic heterocycles. The van der Waals surface area contributed by atoms with Gasteiger partial charge in [0.15, 0.2) is 0 Å². The van der Waals surface area contributed by atoms with Crippen LogP contribution in [0.3, 0.4) is 0 Å². The highest BCUT2D eigenvalue weighted by molar-refractivity contribution is 6.46. The monoisotopic (exact) mass is 436 g/mol. The molecule has 6 heteroatoms. The van der Waals surface area contributed by atoms with Crippen LogP contribution in [-0.4, -0.2) is 11.8 Å². The Hall–Kier alpha value is -3.08. The van der Waals surface area contributed by atoms with Gasteiger partial charge in [-0.1, -0.05) is 65.7 Å². The number of nitrogens with zero attached hydrogens (tertiary/aromatic N) is 1. The molecular formula is C24H18Cl2N2O2. The van der Waals surface area contributed by atoms with E-state index in [9.17, 15) is 9.59 Å². The second-order valence-electron chi connectivity index (χ2n) is 7.13. The SMILES string of the molecule is Cc1ccc(C)c(NC2=C(c3ccccc3)C(=O)N(c3cc(Cl)cc(Cl)c3)C2=O)c1. The highest BCUT2D eigenvalue weighted by Crippen LogP contribution is 2.36. The zero-order valence-electron chi connectivity index (χ0n) is 16.4. The van der Waals surface area contributed by atoms with Crippen LogP contribution in [0.1, 0.15) is 16.7 Å². The third kappa shape index (κ3) is 3.72. The summed E-state index contributed by atoms with van der Waals surface area (Å²) in [5.74, 6) is -0.893. The Morgan fingerprint density at radius 2 is 1.47 bits per heavy atom. The Kier molecular flexibility index (Phi) is 5.37. The Bertz CT molecular complexity index is 1180. The van der Waals surface area contributed by atoms with Crippen molar-refractivity contribution in [1.29, 1.82) is 0 Å². The molecule has 3 aromatic carbocycles. The predicted octanol–water partition coefficient (Wildman–Crippen LogP) is 6.01. The fraction of sp³-hybridized carbons (Fsp3) is 0.0833. The maximum atomic E-state index is 13.4. The van der Waals surface area contributed by atoms with Gasteiger partial charge < -0.3 is 5.32 Å². The molecule has 0 fully saturated rings. The van der Waals surface area contributed by atoms with E-state index in [4.69, 9.17) is 23.2 Å². The average Bonchev–Trinajstić information content (AvgIpc) is 2.94. The van der Waals surface area contributed by atoms with Gasteiger partial charge in [-0.3, -0.25) is 9.59 Å². The molecule has 2 amide bonds. The average molecular weight is 437 g/mol. The zero-order chi connectivity index (χ0) is 21.4. The van der Waals surface area contributed by atoms with Crippen LogP contribution >= 0.6 is 23.2 Å². The summed E-state index contributed by atoms with van der Waals surface area (Å²) in [7, 11) is 0. The first-order chi connectivity index (χ1) is 14.3. The number of carbonyl (C=O) groups excluding carboxylic acids is 2. The molecule has 150 valence electrons. The van der Waals surface area contributed by atoms with Gasteiger partial charge in [0.2, 0.25) is 0 Å². The summed E-state index contributed by atoms with van der Waals surface area (Å²) in [6.07, 6.45) is 0. The molecule has 0 aliphatic carbocycles. The molecule has 1 heterocycles. The molecule has 1 N–H and O–H groups in total. The van der Waals surface area contributed by atoms with Crippen LogP contribution in [0.2, 0.25) is 10.0 Å². The van der Waals surface area contributed by atoms with Crippen LogP contribution in [0, 0.1) is 13.8 Å². The largest absolute Gasteiger partial charge is 0.350 e. The summed E-state index contributed by atoms with van der Waals surface area (Å²) in [4.78, 5) is 27.9. The standard InChI is InChI=1S/C24H18Cl2N2O2/c1-14-8-9-15(2)20(10-14)27-22-21(16-6-4-3-5-7-16)23(29)28(24(22)30)19-12-17(25)11-18(26)13-19/h3-13,27H,1-2H3. The summed E-state index contributed by atoms with van der Waals surface area (Å²) in [5.41, 5.74) is 4.28. The smallest absolute Gasteiger partial charge is 0.282 e. The number of hydrogen-bond donors (Lipinski definition) is 1. The number of benzene rings is 3. The maximum absolute atomic E-state index is 13.4. The summed E-state index contributed by atoms with van der Waals surface area (Å²) in [5, 5.41) is 3.90. The lowest BCUT2D eigenvalue weighted by atomic mass is 10.0. The van der Waals surface area contributed by atoms with E-state index in [0.717, 1.165) is 21.7 Å². The summed E-state index contributed by atoms with van der Waals surface area (Å²) >= 11 is 12.2. The molecule has 0 atom stereocenters. The Morgan fingerprint density at radius 3 is 2.13 bits per heavy atom. The van der Waals surface area contributed by atoms with E-state index in [1.807, 2.05) is 50.2 Å². The third-order valence-corrected chi connectivity index (χ3v) is 5.34. The second kappa shape index (κ2) is 7.98. The fourth-order valence-electron chi connectivity index (χ4n) is 3.43. The van der Waals surface area contributed by atoms with Crippen molar-refractivity contribution >= 4 is 52.0 Å². The van der Waals surface area contributed by atoms with E-state index in [2.05, 4.69) is 5.32 Å². The van der Waals surface area contributed by atoms with Gasteiger partial charge in [-0.15, -0.1) is 0 Å². The Balaban J connectivity index is 1.86. The van der Waals surface area contributed by atoms with E-state index in [1.165, 1.54) is 0 Å². The summed E-state index contributed by atoms with van der Waals surface area (Å²) < 4.78 is 0. The predicted molar refractivity (Wildman–Crippen MR) is 122 cm³/mol. The minimum atomic E-state index is -0.460. The molecule has 0 saturated heterocycles. The van der Waals surface area contributed by atoms with Crippen LogP contribution in [0.15, 0.2) is 72.4 Å². The van der Waals surface area contributed by atoms with E-state index >= 15 is 0 Å². The number of amides is 2. The van der Waals surface area contributed by atoms with Crippen LogP contribution in [0.4, 0.5) is 11.4 Å². The molecule has 3 aromatic rings. The molecule has 0 saturated carbocycles. The van der Waals surface area contributed by atoms with Crippen molar-refractivity contribution in [3.8, 4) is 0 Å². The number of hydrogen-bond acceptors (Lipinski definition) is 3. The lowest BCUT2D eigenvalue weighted by Crippen LogP contribution is -2.32. The number of rotatable bonds is 4. The van der Waals surface area contributed by atoms with Crippen molar-refractivity contribution in [1.82, 2.24) is 0 Å². The number of imide groups is 1. The molecule has 4 rings (SSSR count). The van der Waals surface area contributed by atoms with Gasteiger partial charge in [-0.25, -0.2) is 4.90 Å². The van der Waals surface area contributed by atoms with Gasteiger partial charge >= 0.3 is 0 Å². The number of nitrogens with one attached hydrogen (secondary N) is 1. The van der Waals surface area contributed by atoms with Gasteiger partial charge in [0.05, 0.1) is 11.3 Å².